The first kappa shape index (κ1) is 17.2. The molecule has 1 aliphatic rings. The first-order chi connectivity index (χ1) is 11.0. The maximum absolute atomic E-state index is 12.3. The fourth-order valence-electron chi connectivity index (χ4n) is 2.62. The largest absolute Gasteiger partial charge is 0.320 e. The minimum atomic E-state index is -0.564. The van der Waals surface area contributed by atoms with Crippen molar-refractivity contribution in [1.29, 1.82) is 5.26 Å². The van der Waals surface area contributed by atoms with Gasteiger partial charge in [-0.3, -0.25) is 14.9 Å². The Hall–Kier alpha value is -2.17. The summed E-state index contributed by atoms with van der Waals surface area (Å²) in [6, 6.07) is 6.28. The zero-order valence-corrected chi connectivity index (χ0v) is 13.3. The van der Waals surface area contributed by atoms with Crippen LogP contribution in [0.15, 0.2) is 18.2 Å². The standard InChI is InChI=1S/C15H17ClN4O3/c16-12-2-3-13(14(10-12)20(22)23)18-15(21)11-4-8-19(9-5-11)7-1-6-17/h2-3,10-11H,1,4-5,7-9H2,(H,18,21). The Kier molecular flexibility index (Phi) is 5.90. The molecule has 1 aromatic rings. The number of carbonyl (C=O) groups excluding carboxylic acids is 1. The number of likely N-dealkylation sites (tertiary alicyclic amines) is 1. The van der Waals surface area contributed by atoms with Gasteiger partial charge in [-0.15, -0.1) is 0 Å². The summed E-state index contributed by atoms with van der Waals surface area (Å²) in [4.78, 5) is 24.9. The summed E-state index contributed by atoms with van der Waals surface area (Å²) in [6.07, 6.45) is 1.84. The third-order valence-electron chi connectivity index (χ3n) is 3.91. The molecule has 1 aliphatic heterocycles. The molecule has 1 heterocycles. The Morgan fingerprint density at radius 3 is 2.78 bits per heavy atom. The first-order valence-electron chi connectivity index (χ1n) is 7.35. The second-order valence-corrected chi connectivity index (χ2v) is 5.87. The van der Waals surface area contributed by atoms with Crippen molar-refractivity contribution in [1.82, 2.24) is 4.90 Å². The molecule has 0 saturated carbocycles. The number of nitrogens with zero attached hydrogens (tertiary/aromatic N) is 3. The Morgan fingerprint density at radius 1 is 1.48 bits per heavy atom. The summed E-state index contributed by atoms with van der Waals surface area (Å²) in [7, 11) is 0. The number of carbonyl (C=O) groups is 1. The summed E-state index contributed by atoms with van der Waals surface area (Å²) < 4.78 is 0. The van der Waals surface area contributed by atoms with E-state index in [1.165, 1.54) is 18.2 Å². The van der Waals surface area contributed by atoms with Gasteiger partial charge < -0.3 is 10.2 Å². The van der Waals surface area contributed by atoms with Crippen molar-refractivity contribution in [3.8, 4) is 6.07 Å². The van der Waals surface area contributed by atoms with E-state index >= 15 is 0 Å². The second kappa shape index (κ2) is 7.90. The number of nitriles is 1. The second-order valence-electron chi connectivity index (χ2n) is 5.43. The van der Waals surface area contributed by atoms with Crippen molar-refractivity contribution < 1.29 is 9.72 Å². The van der Waals surface area contributed by atoms with Crippen LogP contribution in [-0.2, 0) is 4.79 Å². The van der Waals surface area contributed by atoms with E-state index in [-0.39, 0.29) is 28.2 Å². The van der Waals surface area contributed by atoms with Gasteiger partial charge in [-0.05, 0) is 38.1 Å². The van der Waals surface area contributed by atoms with E-state index in [1.807, 2.05) is 0 Å². The van der Waals surface area contributed by atoms with Crippen molar-refractivity contribution in [2.24, 2.45) is 5.92 Å². The Balaban J connectivity index is 1.96. The molecule has 0 bridgehead atoms. The molecule has 0 aromatic heterocycles. The molecule has 1 saturated heterocycles. The van der Waals surface area contributed by atoms with Gasteiger partial charge in [0.25, 0.3) is 5.69 Å². The molecule has 2 rings (SSSR count). The van der Waals surface area contributed by atoms with Crippen LogP contribution in [0.4, 0.5) is 11.4 Å². The Bertz CT molecular complexity index is 636. The zero-order chi connectivity index (χ0) is 16.8. The van der Waals surface area contributed by atoms with Crippen molar-refractivity contribution in [3.05, 3.63) is 33.3 Å². The third kappa shape index (κ3) is 4.65. The van der Waals surface area contributed by atoms with E-state index in [0.29, 0.717) is 25.8 Å². The molecule has 0 spiro atoms. The average Bonchev–Trinajstić information content (AvgIpc) is 2.54. The molecular formula is C15H17ClN4O3. The van der Waals surface area contributed by atoms with E-state index in [0.717, 1.165) is 13.1 Å². The fraction of sp³-hybridized carbons (Fsp3) is 0.467. The summed E-state index contributed by atoms with van der Waals surface area (Å²) in [5, 5.41) is 22.5. The van der Waals surface area contributed by atoms with Crippen LogP contribution in [0.1, 0.15) is 19.3 Å². The number of nitro groups is 1. The molecule has 0 radical (unpaired) electrons. The van der Waals surface area contributed by atoms with Gasteiger partial charge in [0.15, 0.2) is 0 Å². The minimum Gasteiger partial charge on any atom is -0.320 e. The van der Waals surface area contributed by atoms with Gasteiger partial charge in [0.05, 0.1) is 11.0 Å². The number of amides is 1. The molecule has 7 nitrogen and oxygen atoms in total. The van der Waals surface area contributed by atoms with Gasteiger partial charge in [-0.25, -0.2) is 0 Å². The van der Waals surface area contributed by atoms with Crippen LogP contribution in [0.25, 0.3) is 0 Å². The predicted octanol–water partition coefficient (Wildman–Crippen LogP) is 2.81. The lowest BCUT2D eigenvalue weighted by atomic mass is 9.95. The number of rotatable bonds is 5. The number of hydrogen-bond acceptors (Lipinski definition) is 5. The van der Waals surface area contributed by atoms with Gasteiger partial charge in [0, 0.05) is 30.0 Å². The highest BCUT2D eigenvalue weighted by Crippen LogP contribution is 2.29. The number of hydrogen-bond donors (Lipinski definition) is 1. The van der Waals surface area contributed by atoms with Crippen LogP contribution in [0.5, 0.6) is 0 Å². The number of piperidine rings is 1. The van der Waals surface area contributed by atoms with Crippen LogP contribution in [0.2, 0.25) is 5.02 Å². The highest BCUT2D eigenvalue weighted by atomic mass is 35.5. The summed E-state index contributed by atoms with van der Waals surface area (Å²) >= 11 is 5.76. The van der Waals surface area contributed by atoms with E-state index in [2.05, 4.69) is 16.3 Å². The fourth-order valence-corrected chi connectivity index (χ4v) is 2.79. The number of nitro benzene ring substituents is 1. The summed E-state index contributed by atoms with van der Waals surface area (Å²) in [6.45, 7) is 2.22. The van der Waals surface area contributed by atoms with Gasteiger partial charge in [0.2, 0.25) is 5.91 Å². The molecule has 1 fully saturated rings. The molecule has 0 atom stereocenters. The van der Waals surface area contributed by atoms with Crippen LogP contribution in [0.3, 0.4) is 0 Å². The van der Waals surface area contributed by atoms with Gasteiger partial charge in [-0.2, -0.15) is 5.26 Å². The van der Waals surface area contributed by atoms with Crippen LogP contribution in [-0.4, -0.2) is 35.4 Å². The SMILES string of the molecule is N#CCCN1CCC(C(=O)Nc2ccc(Cl)cc2[N+](=O)[O-])CC1. The summed E-state index contributed by atoms with van der Waals surface area (Å²) in [5.41, 5.74) is -0.0476. The van der Waals surface area contributed by atoms with E-state index < -0.39 is 4.92 Å². The third-order valence-corrected chi connectivity index (χ3v) is 4.15. The minimum absolute atomic E-state index is 0.163. The van der Waals surface area contributed by atoms with E-state index in [1.54, 1.807) is 0 Å². The Morgan fingerprint density at radius 2 is 2.17 bits per heavy atom. The van der Waals surface area contributed by atoms with Gasteiger partial charge in [0.1, 0.15) is 5.69 Å². The van der Waals surface area contributed by atoms with Crippen molar-refractivity contribution in [2.45, 2.75) is 19.3 Å². The summed E-state index contributed by atoms with van der Waals surface area (Å²) in [5.74, 6) is -0.390. The molecule has 8 heteroatoms. The maximum atomic E-state index is 12.3. The maximum Gasteiger partial charge on any atom is 0.294 e. The van der Waals surface area contributed by atoms with Crippen molar-refractivity contribution in [3.63, 3.8) is 0 Å². The van der Waals surface area contributed by atoms with Gasteiger partial charge in [-0.1, -0.05) is 11.6 Å². The van der Waals surface area contributed by atoms with Crippen molar-refractivity contribution in [2.75, 3.05) is 25.0 Å². The quantitative estimate of drug-likeness (QED) is 0.658. The lowest BCUT2D eigenvalue weighted by Crippen LogP contribution is -2.38. The average molecular weight is 337 g/mol. The lowest BCUT2D eigenvalue weighted by molar-refractivity contribution is -0.383. The number of benzene rings is 1. The molecule has 0 unspecified atom stereocenters. The molecule has 1 N–H and O–H groups in total. The van der Waals surface area contributed by atoms with Crippen LogP contribution >= 0.6 is 11.6 Å². The first-order valence-corrected chi connectivity index (χ1v) is 7.73. The molecule has 1 aromatic carbocycles. The molecule has 1 amide bonds. The Labute approximate surface area is 139 Å². The number of halogens is 1. The van der Waals surface area contributed by atoms with E-state index in [9.17, 15) is 14.9 Å². The number of nitrogens with one attached hydrogen (secondary N) is 1. The van der Waals surface area contributed by atoms with Gasteiger partial charge >= 0.3 is 0 Å². The van der Waals surface area contributed by atoms with Crippen molar-refractivity contribution >= 4 is 28.9 Å². The molecule has 0 aliphatic carbocycles. The molecule has 23 heavy (non-hydrogen) atoms. The predicted molar refractivity (Wildman–Crippen MR) is 86.1 cm³/mol. The normalized spacial score (nSPS) is 15.8. The lowest BCUT2D eigenvalue weighted by Gasteiger charge is -2.30. The number of anilines is 1. The topological polar surface area (TPSA) is 99.3 Å². The zero-order valence-electron chi connectivity index (χ0n) is 12.5. The van der Waals surface area contributed by atoms with Crippen LogP contribution in [0, 0.1) is 27.4 Å². The van der Waals surface area contributed by atoms with E-state index in [4.69, 9.17) is 16.9 Å². The highest BCUT2D eigenvalue weighted by molar-refractivity contribution is 6.31. The molecule has 122 valence electrons. The molecular weight excluding hydrogens is 320 g/mol. The monoisotopic (exact) mass is 336 g/mol. The smallest absolute Gasteiger partial charge is 0.294 e. The highest BCUT2D eigenvalue weighted by Gasteiger charge is 2.26. The van der Waals surface area contributed by atoms with Crippen LogP contribution < -0.4 is 5.32 Å².